The van der Waals surface area contributed by atoms with Gasteiger partial charge in [0.2, 0.25) is 0 Å². The van der Waals surface area contributed by atoms with Gasteiger partial charge in [0.25, 0.3) is 0 Å². The maximum Gasteiger partial charge on any atom is 0.306 e. The number of rotatable bonds is 12. The summed E-state index contributed by atoms with van der Waals surface area (Å²) in [4.78, 5) is 12.2. The van der Waals surface area contributed by atoms with E-state index in [0.717, 1.165) is 12.8 Å². The molecular weight excluding hydrogens is 296 g/mol. The van der Waals surface area contributed by atoms with Crippen LogP contribution in [-0.4, -0.2) is 12.1 Å². The van der Waals surface area contributed by atoms with Crippen molar-refractivity contribution in [2.24, 2.45) is 17.8 Å². The predicted octanol–water partition coefficient (Wildman–Crippen LogP) is 6.91. The molecule has 2 heteroatoms. The Balaban J connectivity index is 2.10. The van der Waals surface area contributed by atoms with E-state index in [9.17, 15) is 4.79 Å². The number of hydrogen-bond acceptors (Lipinski definition) is 2. The highest BCUT2D eigenvalue weighted by molar-refractivity contribution is 5.69. The first-order valence-electron chi connectivity index (χ1n) is 10.7. The smallest absolute Gasteiger partial charge is 0.306 e. The summed E-state index contributed by atoms with van der Waals surface area (Å²) >= 11 is 0. The second-order valence-corrected chi connectivity index (χ2v) is 8.43. The second kappa shape index (κ2) is 12.8. The van der Waals surface area contributed by atoms with Crippen LogP contribution in [0.1, 0.15) is 111 Å². The third kappa shape index (κ3) is 9.08. The van der Waals surface area contributed by atoms with Crippen LogP contribution in [0.15, 0.2) is 0 Å². The predicted molar refractivity (Wildman–Crippen MR) is 103 cm³/mol. The number of carbonyl (C=O) groups is 1. The molecule has 0 spiro atoms. The van der Waals surface area contributed by atoms with Gasteiger partial charge in [-0.3, -0.25) is 4.79 Å². The molecule has 0 amide bonds. The van der Waals surface area contributed by atoms with E-state index in [-0.39, 0.29) is 12.1 Å². The maximum absolute atomic E-state index is 12.2. The third-order valence-electron chi connectivity index (χ3n) is 5.73. The maximum atomic E-state index is 12.2. The zero-order valence-corrected chi connectivity index (χ0v) is 16.8. The molecule has 0 unspecified atom stereocenters. The van der Waals surface area contributed by atoms with Crippen molar-refractivity contribution in [1.82, 2.24) is 0 Å². The minimum absolute atomic E-state index is 0.0442. The fourth-order valence-electron chi connectivity index (χ4n) is 4.06. The van der Waals surface area contributed by atoms with Crippen molar-refractivity contribution in [3.63, 3.8) is 0 Å². The van der Waals surface area contributed by atoms with Gasteiger partial charge in [-0.05, 0) is 37.0 Å². The second-order valence-electron chi connectivity index (χ2n) is 8.43. The molecule has 0 aromatic carbocycles. The standard InChI is InChI=1S/C22H42O2/c1-5-6-7-8-9-10-11-12-13-14-22(23)24-21-17-19(4)15-16-20(21)18(2)3/h18-21H,5-17H2,1-4H3/t19-,20+,21-/m1/s1. The van der Waals surface area contributed by atoms with Gasteiger partial charge in [0.05, 0.1) is 0 Å². The zero-order valence-electron chi connectivity index (χ0n) is 16.8. The summed E-state index contributed by atoms with van der Waals surface area (Å²) in [5.41, 5.74) is 0. The Bertz CT molecular complexity index is 324. The van der Waals surface area contributed by atoms with Crippen LogP contribution in [0.2, 0.25) is 0 Å². The zero-order chi connectivity index (χ0) is 17.8. The van der Waals surface area contributed by atoms with Gasteiger partial charge >= 0.3 is 5.97 Å². The minimum atomic E-state index is 0.0442. The SMILES string of the molecule is CCCCCCCCCCCC(=O)O[C@@H]1C[C@H](C)CC[C@H]1C(C)C. The molecule has 1 fully saturated rings. The van der Waals surface area contributed by atoms with Gasteiger partial charge in [-0.1, -0.05) is 85.5 Å². The van der Waals surface area contributed by atoms with Crippen LogP contribution in [-0.2, 0) is 9.53 Å². The molecule has 1 rings (SSSR count). The van der Waals surface area contributed by atoms with E-state index in [0.29, 0.717) is 24.2 Å². The van der Waals surface area contributed by atoms with Gasteiger partial charge in [-0.2, -0.15) is 0 Å². The third-order valence-corrected chi connectivity index (χ3v) is 5.73. The average molecular weight is 339 g/mol. The van der Waals surface area contributed by atoms with Crippen molar-refractivity contribution in [3.8, 4) is 0 Å². The fraction of sp³-hybridized carbons (Fsp3) is 0.955. The largest absolute Gasteiger partial charge is 0.462 e. The van der Waals surface area contributed by atoms with E-state index in [2.05, 4.69) is 27.7 Å². The molecule has 142 valence electrons. The molecule has 1 saturated carbocycles. The van der Waals surface area contributed by atoms with E-state index in [4.69, 9.17) is 4.74 Å². The monoisotopic (exact) mass is 338 g/mol. The summed E-state index contributed by atoms with van der Waals surface area (Å²) in [7, 11) is 0. The first kappa shape index (κ1) is 21.5. The van der Waals surface area contributed by atoms with E-state index in [1.165, 1.54) is 64.2 Å². The van der Waals surface area contributed by atoms with E-state index < -0.39 is 0 Å². The van der Waals surface area contributed by atoms with Crippen molar-refractivity contribution in [2.75, 3.05) is 0 Å². The summed E-state index contributed by atoms with van der Waals surface area (Å²) in [5.74, 6) is 1.92. The molecule has 1 aliphatic rings. The Morgan fingerprint density at radius 1 is 0.958 bits per heavy atom. The Kier molecular flexibility index (Phi) is 11.5. The summed E-state index contributed by atoms with van der Waals surface area (Å²) in [6.45, 7) is 9.08. The average Bonchev–Trinajstić information content (AvgIpc) is 2.53. The summed E-state index contributed by atoms with van der Waals surface area (Å²) in [6, 6.07) is 0. The van der Waals surface area contributed by atoms with Crippen LogP contribution in [0, 0.1) is 17.8 Å². The Hall–Kier alpha value is -0.530. The van der Waals surface area contributed by atoms with E-state index in [1.54, 1.807) is 0 Å². The van der Waals surface area contributed by atoms with Gasteiger partial charge in [-0.25, -0.2) is 0 Å². The molecule has 0 aromatic rings. The highest BCUT2D eigenvalue weighted by atomic mass is 16.5. The minimum Gasteiger partial charge on any atom is -0.462 e. The number of ether oxygens (including phenoxy) is 1. The van der Waals surface area contributed by atoms with Crippen LogP contribution in [0.3, 0.4) is 0 Å². The number of carbonyl (C=O) groups excluding carboxylic acids is 1. The van der Waals surface area contributed by atoms with Gasteiger partial charge in [0, 0.05) is 6.42 Å². The van der Waals surface area contributed by atoms with Crippen LogP contribution < -0.4 is 0 Å². The molecule has 2 nitrogen and oxygen atoms in total. The molecule has 0 radical (unpaired) electrons. The van der Waals surface area contributed by atoms with Gasteiger partial charge < -0.3 is 4.74 Å². The highest BCUT2D eigenvalue weighted by Gasteiger charge is 2.33. The molecule has 0 N–H and O–H groups in total. The molecule has 0 aromatic heterocycles. The lowest BCUT2D eigenvalue weighted by Gasteiger charge is -2.36. The molecule has 1 aliphatic carbocycles. The molecule has 0 saturated heterocycles. The molecule has 0 aliphatic heterocycles. The van der Waals surface area contributed by atoms with E-state index in [1.807, 2.05) is 0 Å². The number of unbranched alkanes of at least 4 members (excludes halogenated alkanes) is 8. The van der Waals surface area contributed by atoms with Crippen LogP contribution in [0.5, 0.6) is 0 Å². The number of esters is 1. The lowest BCUT2D eigenvalue weighted by molar-refractivity contribution is -0.156. The highest BCUT2D eigenvalue weighted by Crippen LogP contribution is 2.35. The molecule has 3 atom stereocenters. The van der Waals surface area contributed by atoms with E-state index >= 15 is 0 Å². The molecule has 0 bridgehead atoms. The van der Waals surface area contributed by atoms with Crippen LogP contribution in [0.25, 0.3) is 0 Å². The molecular formula is C22H42O2. The van der Waals surface area contributed by atoms with Crippen LogP contribution in [0.4, 0.5) is 0 Å². The number of hydrogen-bond donors (Lipinski definition) is 0. The lowest BCUT2D eigenvalue weighted by atomic mass is 9.75. The van der Waals surface area contributed by atoms with Crippen LogP contribution >= 0.6 is 0 Å². The fourth-order valence-corrected chi connectivity index (χ4v) is 4.06. The molecule has 24 heavy (non-hydrogen) atoms. The normalized spacial score (nSPS) is 24.3. The Morgan fingerprint density at radius 2 is 1.54 bits per heavy atom. The Morgan fingerprint density at radius 3 is 2.12 bits per heavy atom. The topological polar surface area (TPSA) is 26.3 Å². The van der Waals surface area contributed by atoms with Gasteiger partial charge in [0.1, 0.15) is 6.10 Å². The van der Waals surface area contributed by atoms with Crippen molar-refractivity contribution in [2.45, 2.75) is 117 Å². The van der Waals surface area contributed by atoms with Crippen molar-refractivity contribution in [1.29, 1.82) is 0 Å². The van der Waals surface area contributed by atoms with Gasteiger partial charge in [-0.15, -0.1) is 0 Å². The summed E-state index contributed by atoms with van der Waals surface area (Å²) < 4.78 is 5.87. The molecule has 0 heterocycles. The van der Waals surface area contributed by atoms with Crippen molar-refractivity contribution < 1.29 is 9.53 Å². The summed E-state index contributed by atoms with van der Waals surface area (Å²) in [5, 5.41) is 0. The first-order chi connectivity index (χ1) is 11.5. The van der Waals surface area contributed by atoms with Crippen molar-refractivity contribution >= 4 is 5.97 Å². The van der Waals surface area contributed by atoms with Crippen molar-refractivity contribution in [3.05, 3.63) is 0 Å². The van der Waals surface area contributed by atoms with Gasteiger partial charge in [0.15, 0.2) is 0 Å². The first-order valence-corrected chi connectivity index (χ1v) is 10.7. The Labute approximate surface area is 151 Å². The quantitative estimate of drug-likeness (QED) is 0.285. The summed E-state index contributed by atoms with van der Waals surface area (Å²) in [6.07, 6.45) is 16.0. The lowest BCUT2D eigenvalue weighted by Crippen LogP contribution is -2.35.